The van der Waals surface area contributed by atoms with Crippen LogP contribution in [0.3, 0.4) is 0 Å². The summed E-state index contributed by atoms with van der Waals surface area (Å²) in [6.45, 7) is 3.42. The number of likely N-dealkylation sites (tertiary alicyclic amines) is 1. The van der Waals surface area contributed by atoms with Crippen LogP contribution in [0.2, 0.25) is 5.22 Å². The lowest BCUT2D eigenvalue weighted by atomic mass is 9.94. The van der Waals surface area contributed by atoms with Crippen LogP contribution in [-0.2, 0) is 0 Å². The van der Waals surface area contributed by atoms with Crippen molar-refractivity contribution >= 4 is 17.5 Å². The SMILES string of the molecule is CC1CCN(C(=O)c2ccoc2Cl)CC1N. The molecule has 2 rings (SSSR count). The van der Waals surface area contributed by atoms with E-state index in [4.69, 9.17) is 21.8 Å². The first-order valence-electron chi connectivity index (χ1n) is 5.37. The van der Waals surface area contributed by atoms with Gasteiger partial charge in [-0.1, -0.05) is 6.92 Å². The smallest absolute Gasteiger partial charge is 0.258 e. The predicted octanol–water partition coefficient (Wildman–Crippen LogP) is 1.74. The van der Waals surface area contributed by atoms with Gasteiger partial charge in [0.1, 0.15) is 0 Å². The predicted molar refractivity (Wildman–Crippen MR) is 61.4 cm³/mol. The second-order valence-electron chi connectivity index (χ2n) is 4.29. The minimum absolute atomic E-state index is 0.0448. The largest absolute Gasteiger partial charge is 0.452 e. The lowest BCUT2D eigenvalue weighted by Gasteiger charge is -2.34. The topological polar surface area (TPSA) is 59.5 Å². The van der Waals surface area contributed by atoms with Crippen molar-refractivity contribution in [3.63, 3.8) is 0 Å². The standard InChI is InChI=1S/C11H15ClN2O2/c1-7-2-4-14(6-9(7)13)11(15)8-3-5-16-10(8)12/h3,5,7,9H,2,4,6,13H2,1H3. The molecule has 4 nitrogen and oxygen atoms in total. The van der Waals surface area contributed by atoms with Crippen molar-refractivity contribution in [1.29, 1.82) is 0 Å². The van der Waals surface area contributed by atoms with Crippen LogP contribution in [0.4, 0.5) is 0 Å². The Kier molecular flexibility index (Phi) is 3.21. The first-order chi connectivity index (χ1) is 7.59. The number of halogens is 1. The number of furan rings is 1. The van der Waals surface area contributed by atoms with Crippen LogP contribution in [-0.4, -0.2) is 29.9 Å². The van der Waals surface area contributed by atoms with Gasteiger partial charge in [-0.05, 0) is 30.0 Å². The van der Waals surface area contributed by atoms with Gasteiger partial charge in [0.15, 0.2) is 0 Å². The fourth-order valence-electron chi connectivity index (χ4n) is 1.90. The molecule has 0 spiro atoms. The number of hydrogen-bond donors (Lipinski definition) is 1. The Morgan fingerprint density at radius 2 is 2.44 bits per heavy atom. The molecule has 0 bridgehead atoms. The third-order valence-corrected chi connectivity index (χ3v) is 3.44. The summed E-state index contributed by atoms with van der Waals surface area (Å²) in [6.07, 6.45) is 2.35. The number of rotatable bonds is 1. The van der Waals surface area contributed by atoms with Crippen LogP contribution in [0.1, 0.15) is 23.7 Å². The number of amides is 1. The number of nitrogens with zero attached hydrogens (tertiary/aromatic N) is 1. The first-order valence-corrected chi connectivity index (χ1v) is 5.75. The van der Waals surface area contributed by atoms with Crippen molar-refractivity contribution in [3.05, 3.63) is 23.1 Å². The highest BCUT2D eigenvalue weighted by molar-refractivity contribution is 6.32. The van der Waals surface area contributed by atoms with Gasteiger partial charge in [0.2, 0.25) is 5.22 Å². The van der Waals surface area contributed by atoms with Crippen molar-refractivity contribution in [2.24, 2.45) is 11.7 Å². The normalized spacial score (nSPS) is 25.8. The van der Waals surface area contributed by atoms with Gasteiger partial charge in [-0.2, -0.15) is 0 Å². The number of carbonyl (C=O) groups excluding carboxylic acids is 1. The van der Waals surface area contributed by atoms with E-state index < -0.39 is 0 Å². The molecule has 2 unspecified atom stereocenters. The Balaban J connectivity index is 2.09. The molecule has 1 fully saturated rings. The zero-order valence-electron chi connectivity index (χ0n) is 9.15. The third-order valence-electron chi connectivity index (χ3n) is 3.15. The van der Waals surface area contributed by atoms with E-state index in [0.717, 1.165) is 13.0 Å². The summed E-state index contributed by atoms with van der Waals surface area (Å²) in [6, 6.07) is 1.64. The number of carbonyl (C=O) groups is 1. The Hall–Kier alpha value is -1.00. The van der Waals surface area contributed by atoms with E-state index in [-0.39, 0.29) is 17.2 Å². The van der Waals surface area contributed by atoms with E-state index in [1.165, 1.54) is 6.26 Å². The summed E-state index contributed by atoms with van der Waals surface area (Å²) < 4.78 is 4.91. The van der Waals surface area contributed by atoms with Crippen LogP contribution >= 0.6 is 11.6 Å². The lowest BCUT2D eigenvalue weighted by molar-refractivity contribution is 0.0672. The van der Waals surface area contributed by atoms with Crippen LogP contribution in [0.5, 0.6) is 0 Å². The fraction of sp³-hybridized carbons (Fsp3) is 0.545. The highest BCUT2D eigenvalue weighted by Crippen LogP contribution is 2.22. The zero-order valence-corrected chi connectivity index (χ0v) is 9.91. The summed E-state index contributed by atoms with van der Waals surface area (Å²) >= 11 is 5.77. The van der Waals surface area contributed by atoms with Crippen LogP contribution < -0.4 is 5.73 Å². The monoisotopic (exact) mass is 242 g/mol. The highest BCUT2D eigenvalue weighted by atomic mass is 35.5. The Morgan fingerprint density at radius 3 is 3.00 bits per heavy atom. The van der Waals surface area contributed by atoms with Gasteiger partial charge >= 0.3 is 0 Å². The molecule has 0 aromatic carbocycles. The average Bonchev–Trinajstić information content (AvgIpc) is 2.67. The molecule has 0 saturated carbocycles. The molecule has 2 N–H and O–H groups in total. The van der Waals surface area contributed by atoms with E-state index in [9.17, 15) is 4.79 Å². The molecule has 1 aliphatic rings. The quantitative estimate of drug-likeness (QED) is 0.816. The van der Waals surface area contributed by atoms with Crippen LogP contribution in [0.25, 0.3) is 0 Å². The Bertz CT molecular complexity index is 391. The van der Waals surface area contributed by atoms with Crippen LogP contribution in [0, 0.1) is 5.92 Å². The molecule has 1 aromatic rings. The Labute approximate surface area is 99.3 Å². The Morgan fingerprint density at radius 1 is 1.69 bits per heavy atom. The number of hydrogen-bond acceptors (Lipinski definition) is 3. The fourth-order valence-corrected chi connectivity index (χ4v) is 2.10. The van der Waals surface area contributed by atoms with Crippen molar-refractivity contribution in [3.8, 4) is 0 Å². The van der Waals surface area contributed by atoms with Gasteiger partial charge in [0.05, 0.1) is 11.8 Å². The van der Waals surface area contributed by atoms with E-state index in [1.807, 2.05) is 0 Å². The minimum Gasteiger partial charge on any atom is -0.452 e. The number of nitrogens with two attached hydrogens (primary N) is 1. The molecule has 0 radical (unpaired) electrons. The summed E-state index contributed by atoms with van der Waals surface area (Å²) in [5.74, 6) is 0.366. The first kappa shape index (κ1) is 11.5. The minimum atomic E-state index is -0.0962. The van der Waals surface area contributed by atoms with E-state index in [0.29, 0.717) is 18.0 Å². The maximum atomic E-state index is 12.1. The molecule has 1 aliphatic heterocycles. The average molecular weight is 243 g/mol. The summed E-state index contributed by atoms with van der Waals surface area (Å²) in [7, 11) is 0. The van der Waals surface area contributed by atoms with Gasteiger partial charge in [-0.25, -0.2) is 0 Å². The lowest BCUT2D eigenvalue weighted by Crippen LogP contribution is -2.49. The molecule has 1 aromatic heterocycles. The number of piperidine rings is 1. The third kappa shape index (κ3) is 2.08. The molecular formula is C11H15ClN2O2. The van der Waals surface area contributed by atoms with Crippen molar-refractivity contribution in [1.82, 2.24) is 4.90 Å². The van der Waals surface area contributed by atoms with Crippen molar-refractivity contribution in [2.75, 3.05) is 13.1 Å². The molecule has 2 atom stereocenters. The summed E-state index contributed by atoms with van der Waals surface area (Å²) in [4.78, 5) is 13.8. The molecule has 0 aliphatic carbocycles. The summed E-state index contributed by atoms with van der Waals surface area (Å²) in [5.41, 5.74) is 6.37. The molecular weight excluding hydrogens is 228 g/mol. The molecule has 16 heavy (non-hydrogen) atoms. The van der Waals surface area contributed by atoms with Gasteiger partial charge in [-0.3, -0.25) is 4.79 Å². The molecule has 2 heterocycles. The second kappa shape index (κ2) is 4.47. The molecule has 5 heteroatoms. The van der Waals surface area contributed by atoms with Crippen molar-refractivity contribution in [2.45, 2.75) is 19.4 Å². The highest BCUT2D eigenvalue weighted by Gasteiger charge is 2.28. The summed E-state index contributed by atoms with van der Waals surface area (Å²) in [5, 5.41) is 0.150. The maximum absolute atomic E-state index is 12.1. The van der Waals surface area contributed by atoms with Gasteiger partial charge in [0.25, 0.3) is 5.91 Å². The molecule has 1 amide bonds. The zero-order chi connectivity index (χ0) is 11.7. The van der Waals surface area contributed by atoms with Crippen molar-refractivity contribution < 1.29 is 9.21 Å². The van der Waals surface area contributed by atoms with E-state index in [2.05, 4.69) is 6.92 Å². The van der Waals surface area contributed by atoms with Gasteiger partial charge < -0.3 is 15.1 Å². The van der Waals surface area contributed by atoms with E-state index >= 15 is 0 Å². The van der Waals surface area contributed by atoms with Gasteiger partial charge in [0, 0.05) is 19.1 Å². The van der Waals surface area contributed by atoms with E-state index in [1.54, 1.807) is 11.0 Å². The van der Waals surface area contributed by atoms with Gasteiger partial charge in [-0.15, -0.1) is 0 Å². The molecule has 1 saturated heterocycles. The second-order valence-corrected chi connectivity index (χ2v) is 4.63. The maximum Gasteiger partial charge on any atom is 0.258 e. The van der Waals surface area contributed by atoms with Crippen LogP contribution in [0.15, 0.2) is 16.7 Å². The molecule has 88 valence electrons.